The predicted octanol–water partition coefficient (Wildman–Crippen LogP) is 0.309. The minimum Gasteiger partial charge on any atom is -0.339 e. The van der Waals surface area contributed by atoms with E-state index < -0.39 is 0 Å². The summed E-state index contributed by atoms with van der Waals surface area (Å²) in [5.74, 6) is 0.643. The molecule has 1 aromatic heterocycles. The third-order valence-electron chi connectivity index (χ3n) is 2.59. The van der Waals surface area contributed by atoms with Gasteiger partial charge in [-0.25, -0.2) is 9.97 Å². The van der Waals surface area contributed by atoms with Crippen LogP contribution in [0.25, 0.3) is 0 Å². The number of rotatable bonds is 3. The van der Waals surface area contributed by atoms with Crippen molar-refractivity contribution in [2.24, 2.45) is 0 Å². The standard InChI is InChI=1S/C11H16N4OS/c1-9-6-10(14-8-13-9)17-7-11(16)15-4-2-12-3-5-15/h6,8,12H,2-5,7H2,1H3. The van der Waals surface area contributed by atoms with Crippen molar-refractivity contribution in [2.45, 2.75) is 11.9 Å². The molecule has 1 aromatic rings. The van der Waals surface area contributed by atoms with E-state index in [9.17, 15) is 4.79 Å². The summed E-state index contributed by atoms with van der Waals surface area (Å²) in [6.07, 6.45) is 1.53. The number of aryl methyl sites for hydroxylation is 1. The Labute approximate surface area is 105 Å². The largest absolute Gasteiger partial charge is 0.339 e. The van der Waals surface area contributed by atoms with E-state index in [1.54, 1.807) is 0 Å². The number of piperazine rings is 1. The van der Waals surface area contributed by atoms with Crippen LogP contribution in [0, 0.1) is 6.92 Å². The minimum absolute atomic E-state index is 0.188. The molecular formula is C11H16N4OS. The molecule has 1 fully saturated rings. The lowest BCUT2D eigenvalue weighted by atomic mass is 10.3. The lowest BCUT2D eigenvalue weighted by Gasteiger charge is -2.27. The number of nitrogens with one attached hydrogen (secondary N) is 1. The highest BCUT2D eigenvalue weighted by molar-refractivity contribution is 7.99. The third kappa shape index (κ3) is 3.67. The van der Waals surface area contributed by atoms with Gasteiger partial charge in [0, 0.05) is 31.9 Å². The van der Waals surface area contributed by atoms with E-state index in [0.29, 0.717) is 5.75 Å². The monoisotopic (exact) mass is 252 g/mol. The molecule has 92 valence electrons. The Morgan fingerprint density at radius 3 is 2.94 bits per heavy atom. The molecule has 1 N–H and O–H groups in total. The van der Waals surface area contributed by atoms with E-state index >= 15 is 0 Å². The quantitative estimate of drug-likeness (QED) is 0.620. The molecule has 2 heterocycles. The lowest BCUT2D eigenvalue weighted by molar-refractivity contribution is -0.128. The fraction of sp³-hybridized carbons (Fsp3) is 0.545. The molecule has 0 radical (unpaired) electrons. The van der Waals surface area contributed by atoms with Gasteiger partial charge in [-0.2, -0.15) is 0 Å². The van der Waals surface area contributed by atoms with Crippen molar-refractivity contribution >= 4 is 17.7 Å². The molecule has 17 heavy (non-hydrogen) atoms. The average molecular weight is 252 g/mol. The van der Waals surface area contributed by atoms with E-state index in [1.807, 2.05) is 17.9 Å². The molecule has 0 bridgehead atoms. The Morgan fingerprint density at radius 1 is 1.47 bits per heavy atom. The molecule has 0 aliphatic carbocycles. The van der Waals surface area contributed by atoms with Gasteiger partial charge in [-0.15, -0.1) is 0 Å². The Hall–Kier alpha value is -1.14. The maximum atomic E-state index is 11.9. The van der Waals surface area contributed by atoms with Gasteiger partial charge in [0.05, 0.1) is 5.75 Å². The summed E-state index contributed by atoms with van der Waals surface area (Å²) in [6, 6.07) is 1.90. The van der Waals surface area contributed by atoms with Crippen LogP contribution >= 0.6 is 11.8 Å². The van der Waals surface area contributed by atoms with Crippen LogP contribution in [0.3, 0.4) is 0 Å². The Bertz CT molecular complexity index is 393. The zero-order valence-corrected chi connectivity index (χ0v) is 10.7. The topological polar surface area (TPSA) is 58.1 Å². The van der Waals surface area contributed by atoms with Crippen molar-refractivity contribution in [3.63, 3.8) is 0 Å². The molecule has 2 rings (SSSR count). The molecule has 1 amide bonds. The van der Waals surface area contributed by atoms with Crippen molar-refractivity contribution in [1.29, 1.82) is 0 Å². The molecule has 0 atom stereocenters. The average Bonchev–Trinajstić information content (AvgIpc) is 2.37. The molecule has 1 saturated heterocycles. The second-order valence-corrected chi connectivity index (χ2v) is 4.91. The first kappa shape index (κ1) is 12.3. The fourth-order valence-corrected chi connectivity index (χ4v) is 2.48. The van der Waals surface area contributed by atoms with Gasteiger partial charge in [0.2, 0.25) is 5.91 Å². The van der Waals surface area contributed by atoms with Gasteiger partial charge >= 0.3 is 0 Å². The molecule has 1 aliphatic rings. The van der Waals surface area contributed by atoms with Crippen molar-refractivity contribution in [2.75, 3.05) is 31.9 Å². The highest BCUT2D eigenvalue weighted by atomic mass is 32.2. The van der Waals surface area contributed by atoms with Crippen molar-refractivity contribution in [1.82, 2.24) is 20.2 Å². The zero-order chi connectivity index (χ0) is 12.1. The van der Waals surface area contributed by atoms with Gasteiger partial charge in [-0.3, -0.25) is 4.79 Å². The fourth-order valence-electron chi connectivity index (χ4n) is 1.65. The van der Waals surface area contributed by atoms with Gasteiger partial charge in [-0.1, -0.05) is 11.8 Å². The summed E-state index contributed by atoms with van der Waals surface area (Å²) in [4.78, 5) is 21.9. The van der Waals surface area contributed by atoms with Gasteiger partial charge in [0.25, 0.3) is 0 Å². The number of carbonyl (C=O) groups excluding carboxylic acids is 1. The number of hydrogen-bond acceptors (Lipinski definition) is 5. The van der Waals surface area contributed by atoms with Crippen LogP contribution in [0.2, 0.25) is 0 Å². The smallest absolute Gasteiger partial charge is 0.233 e. The van der Waals surface area contributed by atoms with Crippen LogP contribution < -0.4 is 5.32 Å². The molecule has 0 spiro atoms. The van der Waals surface area contributed by atoms with E-state index in [-0.39, 0.29) is 5.91 Å². The van der Waals surface area contributed by atoms with E-state index in [0.717, 1.165) is 36.9 Å². The first-order valence-corrected chi connectivity index (χ1v) is 6.64. The Balaban J connectivity index is 1.83. The number of amides is 1. The Morgan fingerprint density at radius 2 is 2.24 bits per heavy atom. The molecule has 0 unspecified atom stereocenters. The second kappa shape index (κ2) is 5.97. The maximum Gasteiger partial charge on any atom is 0.233 e. The molecule has 5 nitrogen and oxygen atoms in total. The van der Waals surface area contributed by atoms with Crippen LogP contribution in [0.1, 0.15) is 5.69 Å². The summed E-state index contributed by atoms with van der Waals surface area (Å²) in [6.45, 7) is 5.32. The lowest BCUT2D eigenvalue weighted by Crippen LogP contribution is -2.47. The maximum absolute atomic E-state index is 11.9. The zero-order valence-electron chi connectivity index (χ0n) is 9.85. The van der Waals surface area contributed by atoms with Crippen molar-refractivity contribution < 1.29 is 4.79 Å². The van der Waals surface area contributed by atoms with Gasteiger partial charge in [0.15, 0.2) is 0 Å². The summed E-state index contributed by atoms with van der Waals surface area (Å²) in [7, 11) is 0. The van der Waals surface area contributed by atoms with Gasteiger partial charge in [-0.05, 0) is 13.0 Å². The van der Waals surface area contributed by atoms with E-state index in [1.165, 1.54) is 18.1 Å². The minimum atomic E-state index is 0.188. The van der Waals surface area contributed by atoms with Crippen molar-refractivity contribution in [3.8, 4) is 0 Å². The van der Waals surface area contributed by atoms with Crippen molar-refractivity contribution in [3.05, 3.63) is 18.1 Å². The molecule has 0 saturated carbocycles. The number of aromatic nitrogens is 2. The number of hydrogen-bond donors (Lipinski definition) is 1. The van der Waals surface area contributed by atoms with Gasteiger partial charge in [0.1, 0.15) is 11.4 Å². The SMILES string of the molecule is Cc1cc(SCC(=O)N2CCNCC2)ncn1. The highest BCUT2D eigenvalue weighted by Crippen LogP contribution is 2.15. The number of carbonyl (C=O) groups is 1. The summed E-state index contributed by atoms with van der Waals surface area (Å²) in [5, 5.41) is 4.09. The first-order chi connectivity index (χ1) is 8.25. The summed E-state index contributed by atoms with van der Waals surface area (Å²) in [5.41, 5.74) is 0.928. The van der Waals surface area contributed by atoms with Crippen LogP contribution in [-0.2, 0) is 4.79 Å². The van der Waals surface area contributed by atoms with Crippen LogP contribution in [0.4, 0.5) is 0 Å². The van der Waals surface area contributed by atoms with Crippen LogP contribution in [0.5, 0.6) is 0 Å². The molecule has 6 heteroatoms. The highest BCUT2D eigenvalue weighted by Gasteiger charge is 2.16. The summed E-state index contributed by atoms with van der Waals surface area (Å²) >= 11 is 1.47. The number of nitrogens with zero attached hydrogens (tertiary/aromatic N) is 3. The molecular weight excluding hydrogens is 236 g/mol. The molecule has 1 aliphatic heterocycles. The van der Waals surface area contributed by atoms with Crippen LogP contribution in [-0.4, -0.2) is 52.7 Å². The molecule has 0 aromatic carbocycles. The third-order valence-corrected chi connectivity index (χ3v) is 3.50. The van der Waals surface area contributed by atoms with Crippen LogP contribution in [0.15, 0.2) is 17.4 Å². The first-order valence-electron chi connectivity index (χ1n) is 5.65. The second-order valence-electron chi connectivity index (χ2n) is 3.92. The van der Waals surface area contributed by atoms with Gasteiger partial charge < -0.3 is 10.2 Å². The Kier molecular flexibility index (Phi) is 4.33. The van der Waals surface area contributed by atoms with E-state index in [4.69, 9.17) is 0 Å². The number of thioether (sulfide) groups is 1. The van der Waals surface area contributed by atoms with E-state index in [2.05, 4.69) is 15.3 Å². The normalized spacial score (nSPS) is 15.9. The summed E-state index contributed by atoms with van der Waals surface area (Å²) < 4.78 is 0. The predicted molar refractivity (Wildman–Crippen MR) is 66.9 cm³/mol.